The summed E-state index contributed by atoms with van der Waals surface area (Å²) in [6, 6.07) is 2.84. The van der Waals surface area contributed by atoms with Gasteiger partial charge in [-0.3, -0.25) is 9.59 Å². The van der Waals surface area contributed by atoms with Crippen LogP contribution in [0, 0.1) is 0 Å². The first-order chi connectivity index (χ1) is 12.3. The van der Waals surface area contributed by atoms with Crippen molar-refractivity contribution in [3.05, 3.63) is 29.2 Å². The lowest BCUT2D eigenvalue weighted by Gasteiger charge is -2.20. The van der Waals surface area contributed by atoms with Crippen LogP contribution in [0.1, 0.15) is 30.3 Å². The fraction of sp³-hybridized carbons (Fsp3) is 0.438. The number of H-pyrrole nitrogens is 1. The minimum atomic E-state index is -3.67. The molecule has 10 heteroatoms. The van der Waals surface area contributed by atoms with Gasteiger partial charge >= 0.3 is 6.68 Å². The lowest BCUT2D eigenvalue weighted by atomic mass is 10.2. The van der Waals surface area contributed by atoms with Crippen molar-refractivity contribution in [3.63, 3.8) is 0 Å². The Morgan fingerprint density at radius 2 is 1.88 bits per heavy atom. The molecule has 1 aliphatic heterocycles. The average molecular weight is 391 g/mol. The number of aromatic amines is 1. The van der Waals surface area contributed by atoms with E-state index in [-0.39, 0.29) is 11.8 Å². The maximum absolute atomic E-state index is 12.3. The van der Waals surface area contributed by atoms with E-state index in [4.69, 9.17) is 11.6 Å². The number of carbonyl (C=O) groups excluding carboxylic acids is 2. The number of halogens is 4. The molecule has 142 valence electrons. The number of hydrogen-bond acceptors (Lipinski definition) is 3. The first kappa shape index (κ1) is 20.0. The van der Waals surface area contributed by atoms with Crippen molar-refractivity contribution in [2.24, 2.45) is 0 Å². The molecule has 2 aromatic heterocycles. The van der Waals surface area contributed by atoms with Crippen LogP contribution in [0.25, 0.3) is 10.9 Å². The smallest absolute Gasteiger partial charge is 0.349 e. The Bertz CT molecular complexity index is 775. The second-order valence-electron chi connectivity index (χ2n) is 5.75. The van der Waals surface area contributed by atoms with E-state index in [0.717, 1.165) is 36.8 Å². The molecule has 0 spiro atoms. The molecule has 2 N–H and O–H groups in total. The number of hydrogen-bond donors (Lipinski definition) is 2. The molecule has 0 aromatic carbocycles. The molecule has 6 nitrogen and oxygen atoms in total. The van der Waals surface area contributed by atoms with Gasteiger partial charge in [0, 0.05) is 18.5 Å². The van der Waals surface area contributed by atoms with Gasteiger partial charge in [-0.2, -0.15) is 13.2 Å². The number of likely N-dealkylation sites (tertiary alicyclic amines) is 1. The summed E-state index contributed by atoms with van der Waals surface area (Å²) in [7, 11) is 0. The molecule has 0 radical (unpaired) electrons. The third-order valence-corrected chi connectivity index (χ3v) is 4.06. The van der Waals surface area contributed by atoms with Crippen molar-refractivity contribution in [1.82, 2.24) is 20.2 Å². The number of nitrogens with zero attached hydrogens (tertiary/aromatic N) is 2. The van der Waals surface area contributed by atoms with Gasteiger partial charge in [-0.1, -0.05) is 11.6 Å². The number of alkyl halides is 3. The van der Waals surface area contributed by atoms with E-state index >= 15 is 0 Å². The zero-order valence-corrected chi connectivity index (χ0v) is 14.7. The minimum absolute atomic E-state index is 0.0355. The zero-order chi connectivity index (χ0) is 19.3. The summed E-state index contributed by atoms with van der Waals surface area (Å²) in [4.78, 5) is 33.2. The van der Waals surface area contributed by atoms with Crippen molar-refractivity contribution in [2.75, 3.05) is 13.1 Å². The van der Waals surface area contributed by atoms with Gasteiger partial charge in [-0.05, 0) is 31.9 Å². The van der Waals surface area contributed by atoms with Crippen molar-refractivity contribution in [1.29, 1.82) is 0 Å². The highest BCUT2D eigenvalue weighted by atomic mass is 35.5. The van der Waals surface area contributed by atoms with E-state index in [0.29, 0.717) is 10.8 Å². The van der Waals surface area contributed by atoms with Crippen LogP contribution >= 0.6 is 11.6 Å². The molecule has 0 bridgehead atoms. The maximum atomic E-state index is 12.3. The topological polar surface area (TPSA) is 78.1 Å². The van der Waals surface area contributed by atoms with Crippen LogP contribution in [0.3, 0.4) is 0 Å². The Balaban J connectivity index is 0.000000552. The molecule has 3 rings (SSSR count). The van der Waals surface area contributed by atoms with Gasteiger partial charge < -0.3 is 15.2 Å². The van der Waals surface area contributed by atoms with Gasteiger partial charge in [0.25, 0.3) is 5.91 Å². The van der Waals surface area contributed by atoms with Crippen molar-refractivity contribution in [3.8, 4) is 0 Å². The highest BCUT2D eigenvalue weighted by Gasteiger charge is 2.25. The highest BCUT2D eigenvalue weighted by molar-refractivity contribution is 6.30. The molecule has 26 heavy (non-hydrogen) atoms. The second kappa shape index (κ2) is 8.88. The number of fused-ring (bicyclic) bond motifs is 1. The number of carbonyl (C=O) groups is 2. The lowest BCUT2D eigenvalue weighted by Crippen LogP contribution is -2.46. The van der Waals surface area contributed by atoms with Gasteiger partial charge in [0.1, 0.15) is 16.9 Å². The zero-order valence-electron chi connectivity index (χ0n) is 13.9. The average Bonchev–Trinajstić information content (AvgIpc) is 3.22. The number of rotatable bonds is 3. The Labute approximate surface area is 152 Å². The molecule has 1 fully saturated rings. The summed E-state index contributed by atoms with van der Waals surface area (Å²) < 4.78 is 29.0. The predicted octanol–water partition coefficient (Wildman–Crippen LogP) is 3.14. The normalized spacial score (nSPS) is 14.9. The SMILES string of the molecule is CC(NC(=O)c1cc2cc(Cl)ncc2[nH]1)C(=O)N1CCCC1.FC(F)F. The molecular weight excluding hydrogens is 373 g/mol. The standard InChI is InChI=1S/C15H17ClN4O2.CHF3/c1-9(15(22)20-4-2-3-5-20)18-14(21)11-6-10-7-13(16)17-8-12(10)19-11;2-1(3)4/h6-9,19H,2-5H2,1H3,(H,18,21);1H. The largest absolute Gasteiger partial charge is 0.379 e. The minimum Gasteiger partial charge on any atom is -0.349 e. The van der Waals surface area contributed by atoms with Gasteiger partial charge in [-0.15, -0.1) is 0 Å². The Hall–Kier alpha value is -2.29. The molecule has 1 saturated heterocycles. The summed E-state index contributed by atoms with van der Waals surface area (Å²) in [5.74, 6) is -0.348. The summed E-state index contributed by atoms with van der Waals surface area (Å²) in [5, 5.41) is 3.91. The molecule has 1 atom stereocenters. The highest BCUT2D eigenvalue weighted by Crippen LogP contribution is 2.18. The van der Waals surface area contributed by atoms with Gasteiger partial charge in [-0.25, -0.2) is 4.98 Å². The van der Waals surface area contributed by atoms with E-state index in [1.807, 2.05) is 0 Å². The van der Waals surface area contributed by atoms with Crippen molar-refractivity contribution >= 4 is 34.3 Å². The molecule has 1 aliphatic rings. The predicted molar refractivity (Wildman–Crippen MR) is 91.0 cm³/mol. The quantitative estimate of drug-likeness (QED) is 0.790. The van der Waals surface area contributed by atoms with Crippen LogP contribution in [0.2, 0.25) is 5.15 Å². The summed E-state index contributed by atoms with van der Waals surface area (Å²) in [6.45, 7) is -0.412. The Morgan fingerprint density at radius 1 is 1.27 bits per heavy atom. The number of nitrogens with one attached hydrogen (secondary N) is 2. The summed E-state index contributed by atoms with van der Waals surface area (Å²) in [5.41, 5.74) is 1.12. The number of amides is 2. The van der Waals surface area contributed by atoms with Crippen molar-refractivity contribution < 1.29 is 22.8 Å². The Kier molecular flexibility index (Phi) is 6.84. The van der Waals surface area contributed by atoms with Crippen LogP contribution < -0.4 is 5.32 Å². The summed E-state index contributed by atoms with van der Waals surface area (Å²) in [6.07, 6.45) is 3.64. The molecule has 2 aromatic rings. The van der Waals surface area contributed by atoms with E-state index in [2.05, 4.69) is 15.3 Å². The van der Waals surface area contributed by atoms with Crippen LogP contribution in [0.5, 0.6) is 0 Å². The molecule has 1 unspecified atom stereocenters. The fourth-order valence-corrected chi connectivity index (χ4v) is 2.84. The third-order valence-electron chi connectivity index (χ3n) is 3.85. The van der Waals surface area contributed by atoms with Crippen LogP contribution in [0.4, 0.5) is 13.2 Å². The van der Waals surface area contributed by atoms with Gasteiger partial charge in [0.2, 0.25) is 5.91 Å². The number of pyridine rings is 1. The summed E-state index contributed by atoms with van der Waals surface area (Å²) >= 11 is 5.83. The molecule has 2 amide bonds. The monoisotopic (exact) mass is 390 g/mol. The van der Waals surface area contributed by atoms with Crippen LogP contribution in [0.15, 0.2) is 18.3 Å². The lowest BCUT2D eigenvalue weighted by molar-refractivity contribution is -0.131. The fourth-order valence-electron chi connectivity index (χ4n) is 2.67. The van der Waals surface area contributed by atoms with Crippen LogP contribution in [-0.4, -0.2) is 52.5 Å². The van der Waals surface area contributed by atoms with E-state index in [9.17, 15) is 22.8 Å². The third kappa shape index (κ3) is 5.35. The number of aromatic nitrogens is 2. The van der Waals surface area contributed by atoms with E-state index in [1.165, 1.54) is 0 Å². The van der Waals surface area contributed by atoms with Crippen molar-refractivity contribution in [2.45, 2.75) is 32.5 Å². The van der Waals surface area contributed by atoms with Crippen LogP contribution in [-0.2, 0) is 4.79 Å². The maximum Gasteiger partial charge on any atom is 0.379 e. The second-order valence-corrected chi connectivity index (χ2v) is 6.14. The first-order valence-corrected chi connectivity index (χ1v) is 8.32. The van der Waals surface area contributed by atoms with E-state index in [1.54, 1.807) is 30.2 Å². The molecule has 0 saturated carbocycles. The van der Waals surface area contributed by atoms with Gasteiger partial charge in [0.05, 0.1) is 11.7 Å². The molecular formula is C16H18ClF3N4O2. The van der Waals surface area contributed by atoms with Gasteiger partial charge in [0.15, 0.2) is 0 Å². The molecule has 3 heterocycles. The first-order valence-electron chi connectivity index (χ1n) is 7.94. The van der Waals surface area contributed by atoms with E-state index < -0.39 is 12.7 Å². The molecule has 0 aliphatic carbocycles. The Morgan fingerprint density at radius 3 is 2.50 bits per heavy atom.